The summed E-state index contributed by atoms with van der Waals surface area (Å²) in [6.07, 6.45) is 0. The number of piperidine rings is 1. The summed E-state index contributed by atoms with van der Waals surface area (Å²) in [4.78, 5) is 23.1. The Morgan fingerprint density at radius 2 is 1.18 bits per heavy atom. The van der Waals surface area contributed by atoms with Crippen molar-refractivity contribution >= 4 is 23.2 Å². The van der Waals surface area contributed by atoms with Crippen LogP contribution < -0.4 is 5.32 Å². The van der Waals surface area contributed by atoms with E-state index < -0.39 is 39.4 Å². The highest BCUT2D eigenvalue weighted by atomic mass is 35.5. The van der Waals surface area contributed by atoms with Crippen LogP contribution in [0.2, 0.25) is 10.0 Å². The lowest BCUT2D eigenvalue weighted by molar-refractivity contribution is -0.605. The van der Waals surface area contributed by atoms with E-state index in [4.69, 9.17) is 23.2 Å². The van der Waals surface area contributed by atoms with Gasteiger partial charge in [0.2, 0.25) is 12.1 Å². The molecule has 148 valence electrons. The Morgan fingerprint density at radius 1 is 0.821 bits per heavy atom. The molecule has 2 aromatic rings. The highest BCUT2D eigenvalue weighted by Crippen LogP contribution is 2.48. The molecule has 0 radical (unpaired) electrons. The Hall–Kier alpha value is -2.22. The number of benzene rings is 2. The van der Waals surface area contributed by atoms with Gasteiger partial charge in [-0.25, -0.2) is 0 Å². The van der Waals surface area contributed by atoms with Gasteiger partial charge >= 0.3 is 0 Å². The maximum Gasteiger partial charge on any atom is 0.244 e. The number of rotatable bonds is 4. The average molecular weight is 424 g/mol. The molecule has 1 N–H and O–H groups in total. The molecule has 2 aromatic carbocycles. The third-order valence-electron chi connectivity index (χ3n) is 5.45. The second kappa shape index (κ2) is 7.66. The maximum absolute atomic E-state index is 12.0. The molecule has 0 aromatic heterocycles. The molecule has 9 heteroatoms. The molecule has 3 rings (SSSR count). The van der Waals surface area contributed by atoms with Crippen LogP contribution in [0.4, 0.5) is 0 Å². The molecule has 1 aliphatic heterocycles. The van der Waals surface area contributed by atoms with E-state index in [1.807, 2.05) is 0 Å². The number of nitrogens with zero attached hydrogens (tertiary/aromatic N) is 2. The zero-order valence-corrected chi connectivity index (χ0v) is 16.7. The third-order valence-corrected chi connectivity index (χ3v) is 6.14. The second-order valence-corrected chi connectivity index (χ2v) is 8.26. The molecule has 4 atom stereocenters. The van der Waals surface area contributed by atoms with Gasteiger partial charge in [-0.1, -0.05) is 59.6 Å². The van der Waals surface area contributed by atoms with E-state index in [1.54, 1.807) is 62.4 Å². The van der Waals surface area contributed by atoms with Crippen molar-refractivity contribution in [2.24, 2.45) is 5.41 Å². The van der Waals surface area contributed by atoms with Crippen molar-refractivity contribution in [3.05, 3.63) is 89.9 Å². The SMILES string of the molecule is CC1(C)[C@@H]([N+](=O)[O-])[C@@H](c2ccccc2Cl)N[C@@H](c2ccccc2Cl)[C@@H]1[N+](=O)[O-]. The minimum Gasteiger partial charge on any atom is -0.291 e. The standard InChI is InChI=1S/C19H19Cl2N3O4/c1-19(2)17(23(25)26)15(11-7-3-5-9-13(11)20)22-16(18(19)24(27)28)12-8-4-6-10-14(12)21/h3-10,15-18,22H,1-2H3/t15-,16+,17-,18-/m0/s1. The summed E-state index contributed by atoms with van der Waals surface area (Å²) >= 11 is 12.6. The Morgan fingerprint density at radius 3 is 1.50 bits per heavy atom. The summed E-state index contributed by atoms with van der Waals surface area (Å²) in [6, 6.07) is 9.44. The van der Waals surface area contributed by atoms with Crippen molar-refractivity contribution in [1.29, 1.82) is 0 Å². The molecular formula is C19H19Cl2N3O4. The van der Waals surface area contributed by atoms with Crippen LogP contribution in [-0.2, 0) is 0 Å². The first-order chi connectivity index (χ1) is 13.2. The average Bonchev–Trinajstić information content (AvgIpc) is 2.60. The second-order valence-electron chi connectivity index (χ2n) is 7.45. The van der Waals surface area contributed by atoms with Crippen LogP contribution in [0.25, 0.3) is 0 Å². The first kappa shape index (κ1) is 20.5. The summed E-state index contributed by atoms with van der Waals surface area (Å²) in [5.41, 5.74) is -0.234. The Labute approximate surface area is 171 Å². The molecule has 0 spiro atoms. The van der Waals surface area contributed by atoms with Crippen LogP contribution in [0, 0.1) is 25.6 Å². The van der Waals surface area contributed by atoms with E-state index in [0.717, 1.165) is 0 Å². The summed E-state index contributed by atoms with van der Waals surface area (Å²) < 4.78 is 0. The molecule has 1 aliphatic rings. The van der Waals surface area contributed by atoms with Gasteiger partial charge < -0.3 is 0 Å². The van der Waals surface area contributed by atoms with E-state index in [0.29, 0.717) is 21.2 Å². The number of nitrogens with one attached hydrogen (secondary N) is 1. The summed E-state index contributed by atoms with van der Waals surface area (Å²) in [5.74, 6) is 0. The summed E-state index contributed by atoms with van der Waals surface area (Å²) in [5, 5.41) is 27.9. The van der Waals surface area contributed by atoms with Crippen molar-refractivity contribution in [2.45, 2.75) is 38.0 Å². The number of hydrogen-bond acceptors (Lipinski definition) is 5. The first-order valence-electron chi connectivity index (χ1n) is 8.68. The zero-order valence-electron chi connectivity index (χ0n) is 15.2. The van der Waals surface area contributed by atoms with E-state index >= 15 is 0 Å². The van der Waals surface area contributed by atoms with Gasteiger partial charge in [0.05, 0.1) is 0 Å². The molecular weight excluding hydrogens is 405 g/mol. The lowest BCUT2D eigenvalue weighted by Crippen LogP contribution is -2.63. The van der Waals surface area contributed by atoms with Crippen molar-refractivity contribution < 1.29 is 9.85 Å². The summed E-state index contributed by atoms with van der Waals surface area (Å²) in [6.45, 7) is 3.12. The molecule has 7 nitrogen and oxygen atoms in total. The monoisotopic (exact) mass is 423 g/mol. The highest BCUT2D eigenvalue weighted by molar-refractivity contribution is 6.31. The molecule has 0 aliphatic carbocycles. The largest absolute Gasteiger partial charge is 0.291 e. The molecule has 0 bridgehead atoms. The molecule has 0 amide bonds. The summed E-state index contributed by atoms with van der Waals surface area (Å²) in [7, 11) is 0. The molecule has 1 saturated heterocycles. The Kier molecular flexibility index (Phi) is 5.61. The van der Waals surface area contributed by atoms with Crippen molar-refractivity contribution in [3.63, 3.8) is 0 Å². The Bertz CT molecular complexity index is 850. The van der Waals surface area contributed by atoms with Gasteiger partial charge in [-0.3, -0.25) is 25.5 Å². The van der Waals surface area contributed by atoms with Crippen molar-refractivity contribution in [2.75, 3.05) is 0 Å². The number of nitro groups is 2. The van der Waals surface area contributed by atoms with Crippen LogP contribution in [0.5, 0.6) is 0 Å². The molecule has 0 unspecified atom stereocenters. The van der Waals surface area contributed by atoms with Crippen LogP contribution >= 0.6 is 23.2 Å². The molecule has 1 heterocycles. The van der Waals surface area contributed by atoms with Crippen molar-refractivity contribution in [3.8, 4) is 0 Å². The quantitative estimate of drug-likeness (QED) is 0.567. The lowest BCUT2D eigenvalue weighted by atomic mass is 9.66. The Balaban J connectivity index is 2.21. The predicted molar refractivity (Wildman–Crippen MR) is 107 cm³/mol. The van der Waals surface area contributed by atoms with E-state index in [9.17, 15) is 20.2 Å². The van der Waals surface area contributed by atoms with Gasteiger partial charge in [-0.2, -0.15) is 0 Å². The minimum absolute atomic E-state index is 0.361. The minimum atomic E-state index is -1.29. The predicted octanol–water partition coefficient (Wildman–Crippen LogP) is 4.70. The lowest BCUT2D eigenvalue weighted by Gasteiger charge is -2.44. The van der Waals surface area contributed by atoms with Gasteiger partial charge in [0.1, 0.15) is 17.5 Å². The van der Waals surface area contributed by atoms with E-state index in [-0.39, 0.29) is 0 Å². The fraction of sp³-hybridized carbons (Fsp3) is 0.368. The topological polar surface area (TPSA) is 98.3 Å². The molecule has 28 heavy (non-hydrogen) atoms. The van der Waals surface area contributed by atoms with Gasteiger partial charge in [-0.05, 0) is 37.1 Å². The van der Waals surface area contributed by atoms with Crippen LogP contribution in [0.1, 0.15) is 37.1 Å². The smallest absolute Gasteiger partial charge is 0.244 e. The van der Waals surface area contributed by atoms with Gasteiger partial charge in [0.25, 0.3) is 0 Å². The van der Waals surface area contributed by atoms with E-state index in [2.05, 4.69) is 5.32 Å². The fourth-order valence-electron chi connectivity index (χ4n) is 4.17. The fourth-order valence-corrected chi connectivity index (χ4v) is 4.68. The first-order valence-corrected chi connectivity index (χ1v) is 9.43. The molecule has 1 fully saturated rings. The normalized spacial score (nSPS) is 26.6. The van der Waals surface area contributed by atoms with Gasteiger partial charge in [0.15, 0.2) is 0 Å². The van der Waals surface area contributed by atoms with Crippen LogP contribution in [0.3, 0.4) is 0 Å². The van der Waals surface area contributed by atoms with Gasteiger partial charge in [-0.15, -0.1) is 0 Å². The van der Waals surface area contributed by atoms with Crippen molar-refractivity contribution in [1.82, 2.24) is 5.32 Å². The van der Waals surface area contributed by atoms with E-state index in [1.165, 1.54) is 0 Å². The number of halogens is 2. The maximum atomic E-state index is 12.0. The third kappa shape index (κ3) is 3.45. The molecule has 0 saturated carbocycles. The van der Waals surface area contributed by atoms with Crippen LogP contribution in [0.15, 0.2) is 48.5 Å². The zero-order chi connectivity index (χ0) is 20.6. The number of hydrogen-bond donors (Lipinski definition) is 1. The van der Waals surface area contributed by atoms with Crippen LogP contribution in [-0.4, -0.2) is 21.9 Å². The van der Waals surface area contributed by atoms with Gasteiger partial charge in [0, 0.05) is 19.9 Å². The highest BCUT2D eigenvalue weighted by Gasteiger charge is 2.63.